The molecular formula is C21H21ClN2O3S. The second kappa shape index (κ2) is 8.20. The van der Waals surface area contributed by atoms with Crippen molar-refractivity contribution in [1.82, 2.24) is 0 Å². The maximum absolute atomic E-state index is 13.0. The number of carbonyl (C=O) groups excluding carboxylic acids is 1. The number of nitrogens with one attached hydrogen (secondary N) is 1. The van der Waals surface area contributed by atoms with Gasteiger partial charge in [-0.1, -0.05) is 54.9 Å². The molecule has 1 amide bonds. The molecule has 0 aliphatic rings. The Labute approximate surface area is 170 Å². The summed E-state index contributed by atoms with van der Waals surface area (Å²) in [5.74, 6) is -0.400. The van der Waals surface area contributed by atoms with E-state index in [0.717, 1.165) is 21.3 Å². The van der Waals surface area contributed by atoms with Crippen molar-refractivity contribution in [2.45, 2.75) is 19.4 Å². The summed E-state index contributed by atoms with van der Waals surface area (Å²) in [4.78, 5) is 13.0. The molecular weight excluding hydrogens is 396 g/mol. The summed E-state index contributed by atoms with van der Waals surface area (Å²) in [7, 11) is -3.70. The molecule has 0 spiro atoms. The van der Waals surface area contributed by atoms with Crippen molar-refractivity contribution in [3.63, 3.8) is 0 Å². The highest BCUT2D eigenvalue weighted by molar-refractivity contribution is 7.92. The molecule has 0 aromatic heterocycles. The zero-order valence-corrected chi connectivity index (χ0v) is 17.2. The number of hydrogen-bond donors (Lipinski definition) is 1. The predicted molar refractivity (Wildman–Crippen MR) is 115 cm³/mol. The first-order valence-electron chi connectivity index (χ1n) is 8.84. The van der Waals surface area contributed by atoms with Crippen molar-refractivity contribution in [2.75, 3.05) is 15.9 Å². The van der Waals surface area contributed by atoms with Gasteiger partial charge in [0.15, 0.2) is 0 Å². The highest BCUT2D eigenvalue weighted by Crippen LogP contribution is 2.26. The lowest BCUT2D eigenvalue weighted by molar-refractivity contribution is -0.117. The van der Waals surface area contributed by atoms with E-state index in [1.807, 2.05) is 36.4 Å². The zero-order chi connectivity index (χ0) is 20.3. The van der Waals surface area contributed by atoms with Crippen molar-refractivity contribution in [3.05, 3.63) is 71.8 Å². The average Bonchev–Trinajstić information content (AvgIpc) is 2.64. The quantitative estimate of drug-likeness (QED) is 0.634. The molecule has 0 saturated carbocycles. The molecule has 1 N–H and O–H groups in total. The van der Waals surface area contributed by atoms with E-state index >= 15 is 0 Å². The third-order valence-corrected chi connectivity index (χ3v) is 5.82. The van der Waals surface area contributed by atoms with Gasteiger partial charge >= 0.3 is 0 Å². The molecule has 0 aliphatic carbocycles. The van der Waals surface area contributed by atoms with Crippen LogP contribution in [-0.2, 0) is 14.8 Å². The summed E-state index contributed by atoms with van der Waals surface area (Å²) >= 11 is 6.03. The molecule has 0 saturated heterocycles. The van der Waals surface area contributed by atoms with Gasteiger partial charge < -0.3 is 5.32 Å². The number of rotatable bonds is 6. The molecule has 0 unspecified atom stereocenters. The highest BCUT2D eigenvalue weighted by atomic mass is 35.5. The third-order valence-electron chi connectivity index (χ3n) is 4.41. The van der Waals surface area contributed by atoms with Gasteiger partial charge in [-0.05, 0) is 47.5 Å². The smallest absolute Gasteiger partial charge is 0.248 e. The van der Waals surface area contributed by atoms with Gasteiger partial charge in [-0.2, -0.15) is 0 Å². The van der Waals surface area contributed by atoms with E-state index in [-0.39, 0.29) is 0 Å². The average molecular weight is 417 g/mol. The topological polar surface area (TPSA) is 66.5 Å². The lowest BCUT2D eigenvalue weighted by Crippen LogP contribution is -2.47. The van der Waals surface area contributed by atoms with E-state index in [0.29, 0.717) is 22.8 Å². The molecule has 3 rings (SSSR count). The van der Waals surface area contributed by atoms with Crippen LogP contribution >= 0.6 is 11.6 Å². The standard InChI is InChI=1S/C21H21ClN2O3S/c1-3-20(24(28(2,26)27)19-10-6-9-17(22)14-19)21(25)23-18-12-11-15-7-4-5-8-16(15)13-18/h4-14,20H,3H2,1-2H3,(H,23,25)/t20-/m0/s1. The molecule has 5 nitrogen and oxygen atoms in total. The summed E-state index contributed by atoms with van der Waals surface area (Å²) in [6, 6.07) is 19.0. The number of benzene rings is 3. The van der Waals surface area contributed by atoms with Gasteiger partial charge in [-0.25, -0.2) is 8.42 Å². The first kappa shape index (κ1) is 20.2. The Kier molecular flexibility index (Phi) is 5.91. The van der Waals surface area contributed by atoms with Crippen LogP contribution in [0, 0.1) is 0 Å². The van der Waals surface area contributed by atoms with Gasteiger partial charge in [-0.15, -0.1) is 0 Å². The number of nitrogens with zero attached hydrogens (tertiary/aromatic N) is 1. The fraction of sp³-hybridized carbons (Fsp3) is 0.190. The Morgan fingerprint density at radius 3 is 2.39 bits per heavy atom. The van der Waals surface area contributed by atoms with Gasteiger partial charge in [0.1, 0.15) is 6.04 Å². The SMILES string of the molecule is CC[C@@H](C(=O)Nc1ccc2ccccc2c1)N(c1cccc(Cl)c1)S(C)(=O)=O. The summed E-state index contributed by atoms with van der Waals surface area (Å²) in [6.07, 6.45) is 1.39. The number of amides is 1. The number of hydrogen-bond acceptors (Lipinski definition) is 3. The number of anilines is 2. The minimum absolute atomic E-state index is 0.305. The Morgan fingerprint density at radius 1 is 1.04 bits per heavy atom. The van der Waals surface area contributed by atoms with Crippen LogP contribution < -0.4 is 9.62 Å². The number of sulfonamides is 1. The lowest BCUT2D eigenvalue weighted by atomic mass is 10.1. The summed E-state index contributed by atoms with van der Waals surface area (Å²) in [6.45, 7) is 1.77. The molecule has 28 heavy (non-hydrogen) atoms. The van der Waals surface area contributed by atoms with Crippen molar-refractivity contribution >= 4 is 49.7 Å². The Bertz CT molecular complexity index is 1120. The van der Waals surface area contributed by atoms with E-state index in [4.69, 9.17) is 11.6 Å². The van der Waals surface area contributed by atoms with Crippen molar-refractivity contribution in [1.29, 1.82) is 0 Å². The van der Waals surface area contributed by atoms with Crippen LogP contribution in [0.4, 0.5) is 11.4 Å². The summed E-state index contributed by atoms with van der Waals surface area (Å²) in [5.41, 5.74) is 0.970. The van der Waals surface area contributed by atoms with Crippen LogP contribution in [0.1, 0.15) is 13.3 Å². The molecule has 0 aliphatic heterocycles. The van der Waals surface area contributed by atoms with Crippen LogP contribution in [-0.4, -0.2) is 26.6 Å². The minimum atomic E-state index is -3.70. The van der Waals surface area contributed by atoms with Crippen LogP contribution in [0.2, 0.25) is 5.02 Å². The zero-order valence-electron chi connectivity index (χ0n) is 15.6. The molecule has 0 bridgehead atoms. The monoisotopic (exact) mass is 416 g/mol. The van der Waals surface area contributed by atoms with Crippen molar-refractivity contribution in [3.8, 4) is 0 Å². The van der Waals surface area contributed by atoms with Gasteiger partial charge in [0.2, 0.25) is 15.9 Å². The summed E-state index contributed by atoms with van der Waals surface area (Å²) in [5, 5.41) is 5.29. The summed E-state index contributed by atoms with van der Waals surface area (Å²) < 4.78 is 26.1. The van der Waals surface area contributed by atoms with E-state index in [2.05, 4.69) is 5.32 Å². The largest absolute Gasteiger partial charge is 0.324 e. The molecule has 7 heteroatoms. The van der Waals surface area contributed by atoms with E-state index in [1.54, 1.807) is 31.2 Å². The lowest BCUT2D eigenvalue weighted by Gasteiger charge is -2.30. The Morgan fingerprint density at radius 2 is 1.75 bits per heavy atom. The predicted octanol–water partition coefficient (Wildman–Crippen LogP) is 4.68. The van der Waals surface area contributed by atoms with Gasteiger partial charge in [0, 0.05) is 10.7 Å². The molecule has 0 radical (unpaired) electrons. The second-order valence-corrected chi connectivity index (χ2v) is 8.81. The van der Waals surface area contributed by atoms with Gasteiger partial charge in [0.25, 0.3) is 0 Å². The van der Waals surface area contributed by atoms with Crippen molar-refractivity contribution in [2.24, 2.45) is 0 Å². The minimum Gasteiger partial charge on any atom is -0.324 e. The fourth-order valence-corrected chi connectivity index (χ4v) is 4.55. The van der Waals surface area contributed by atoms with Gasteiger partial charge in [-0.3, -0.25) is 9.10 Å². The van der Waals surface area contributed by atoms with Crippen molar-refractivity contribution < 1.29 is 13.2 Å². The molecule has 0 fully saturated rings. The van der Waals surface area contributed by atoms with E-state index in [9.17, 15) is 13.2 Å². The molecule has 3 aromatic carbocycles. The third kappa shape index (κ3) is 4.46. The van der Waals surface area contributed by atoms with Crippen LogP contribution in [0.25, 0.3) is 10.8 Å². The van der Waals surface area contributed by atoms with E-state index < -0.39 is 22.0 Å². The second-order valence-electron chi connectivity index (χ2n) is 6.51. The molecule has 146 valence electrons. The maximum Gasteiger partial charge on any atom is 0.248 e. The Hall–Kier alpha value is -2.57. The first-order valence-corrected chi connectivity index (χ1v) is 11.1. The Balaban J connectivity index is 1.93. The van der Waals surface area contributed by atoms with E-state index in [1.165, 1.54) is 6.07 Å². The molecule has 0 heterocycles. The first-order chi connectivity index (χ1) is 13.3. The maximum atomic E-state index is 13.0. The number of fused-ring (bicyclic) bond motifs is 1. The number of halogens is 1. The molecule has 1 atom stereocenters. The van der Waals surface area contributed by atoms with Crippen LogP contribution in [0.5, 0.6) is 0 Å². The number of carbonyl (C=O) groups is 1. The normalized spacial score (nSPS) is 12.5. The van der Waals surface area contributed by atoms with Crippen LogP contribution in [0.3, 0.4) is 0 Å². The highest BCUT2D eigenvalue weighted by Gasteiger charge is 2.31. The van der Waals surface area contributed by atoms with Gasteiger partial charge in [0.05, 0.1) is 11.9 Å². The van der Waals surface area contributed by atoms with Crippen LogP contribution in [0.15, 0.2) is 66.7 Å². The fourth-order valence-electron chi connectivity index (χ4n) is 3.17. The molecule has 3 aromatic rings.